The number of benzene rings is 1. The van der Waals surface area contributed by atoms with Gasteiger partial charge in [0.2, 0.25) is 6.41 Å². The van der Waals surface area contributed by atoms with Gasteiger partial charge in [-0.15, -0.1) is 0 Å². The molecule has 1 aromatic carbocycles. The molecule has 1 rings (SSSR count). The van der Waals surface area contributed by atoms with E-state index in [0.29, 0.717) is 17.0 Å². The van der Waals surface area contributed by atoms with E-state index in [4.69, 9.17) is 17.3 Å². The molecule has 1 amide bonds. The molecule has 0 aliphatic carbocycles. The molecule has 0 atom stereocenters. The Hall–Kier alpha value is -0.620. The topological polar surface area (TPSA) is 55.4 Å². The van der Waals surface area contributed by atoms with Gasteiger partial charge in [0.25, 0.3) is 0 Å². The molecule has 0 unspecified atom stereocenters. The Morgan fingerprint density at radius 2 is 2.31 bits per heavy atom. The van der Waals surface area contributed by atoms with Gasteiger partial charge in [0, 0.05) is 9.13 Å². The van der Waals surface area contributed by atoms with Crippen LogP contribution in [-0.4, -0.2) is 12.2 Å². The van der Waals surface area contributed by atoms with E-state index in [0.717, 1.165) is 3.57 Å². The van der Waals surface area contributed by atoms with Gasteiger partial charge < -0.3 is 5.73 Å². The van der Waals surface area contributed by atoms with Gasteiger partial charge in [0.1, 0.15) is 5.84 Å². The first-order valence-corrected chi connectivity index (χ1v) is 4.83. The Bertz CT molecular complexity index is 365. The summed E-state index contributed by atoms with van der Waals surface area (Å²) in [5.41, 5.74) is 6.19. The number of rotatable bonds is 2. The second-order valence-electron chi connectivity index (χ2n) is 2.25. The number of amidine groups is 1. The summed E-state index contributed by atoms with van der Waals surface area (Å²) >= 11 is 7.89. The Kier molecular flexibility index (Phi) is 3.68. The van der Waals surface area contributed by atoms with Crippen molar-refractivity contribution in [3.63, 3.8) is 0 Å². The number of aliphatic imine (C=N–C) groups is 1. The molecule has 13 heavy (non-hydrogen) atoms. The summed E-state index contributed by atoms with van der Waals surface area (Å²) < 4.78 is 0.876. The molecule has 0 saturated heterocycles. The van der Waals surface area contributed by atoms with Gasteiger partial charge in [-0.3, -0.25) is 4.79 Å². The monoisotopic (exact) mass is 308 g/mol. The molecule has 0 fully saturated rings. The third kappa shape index (κ3) is 2.67. The third-order valence-electron chi connectivity index (χ3n) is 1.41. The van der Waals surface area contributed by atoms with Gasteiger partial charge in [0.05, 0.1) is 5.02 Å². The number of nitrogens with two attached hydrogens (primary N) is 1. The quantitative estimate of drug-likeness (QED) is 0.392. The maximum atomic E-state index is 10.0. The maximum Gasteiger partial charge on any atom is 0.234 e. The molecule has 0 aliphatic rings. The van der Waals surface area contributed by atoms with Gasteiger partial charge in [-0.2, -0.15) is 4.99 Å². The van der Waals surface area contributed by atoms with Crippen molar-refractivity contribution in [1.82, 2.24) is 0 Å². The minimum absolute atomic E-state index is 0.199. The number of halogens is 2. The van der Waals surface area contributed by atoms with Crippen LogP contribution in [0.3, 0.4) is 0 Å². The summed E-state index contributed by atoms with van der Waals surface area (Å²) in [4.78, 5) is 13.5. The molecule has 0 heterocycles. The Morgan fingerprint density at radius 3 is 2.85 bits per heavy atom. The smallest absolute Gasteiger partial charge is 0.234 e. The summed E-state index contributed by atoms with van der Waals surface area (Å²) in [7, 11) is 0. The molecule has 0 aromatic heterocycles. The van der Waals surface area contributed by atoms with Gasteiger partial charge in [-0.25, -0.2) is 0 Å². The van der Waals surface area contributed by atoms with E-state index in [-0.39, 0.29) is 5.84 Å². The predicted octanol–water partition coefficient (Wildman–Crippen LogP) is 1.81. The summed E-state index contributed by atoms with van der Waals surface area (Å²) in [6.07, 6.45) is 0.413. The number of amides is 1. The van der Waals surface area contributed by atoms with E-state index in [1.54, 1.807) is 18.2 Å². The van der Waals surface area contributed by atoms with Crippen molar-refractivity contribution in [2.75, 3.05) is 0 Å². The normalized spacial score (nSPS) is 11.4. The predicted molar refractivity (Wildman–Crippen MR) is 61.0 cm³/mol. The second-order valence-corrected chi connectivity index (χ2v) is 3.82. The summed E-state index contributed by atoms with van der Waals surface area (Å²) in [6, 6.07) is 5.20. The number of hydrogen-bond donors (Lipinski definition) is 1. The van der Waals surface area contributed by atoms with Crippen LogP contribution in [0.1, 0.15) is 5.56 Å². The first kappa shape index (κ1) is 10.5. The zero-order valence-electron chi connectivity index (χ0n) is 6.50. The first-order valence-electron chi connectivity index (χ1n) is 3.37. The van der Waals surface area contributed by atoms with E-state index in [1.165, 1.54) is 0 Å². The lowest BCUT2D eigenvalue weighted by Crippen LogP contribution is -2.13. The molecule has 68 valence electrons. The minimum atomic E-state index is 0.199. The largest absolute Gasteiger partial charge is 0.383 e. The van der Waals surface area contributed by atoms with Crippen molar-refractivity contribution in [1.29, 1.82) is 0 Å². The average molecular weight is 309 g/mol. The highest BCUT2D eigenvalue weighted by Crippen LogP contribution is 2.19. The molecule has 5 heteroatoms. The van der Waals surface area contributed by atoms with Crippen LogP contribution >= 0.6 is 34.2 Å². The first-order chi connectivity index (χ1) is 6.15. The molecule has 0 saturated carbocycles. The van der Waals surface area contributed by atoms with Crippen LogP contribution in [0.5, 0.6) is 0 Å². The SMILES string of the molecule is NC(=NC=O)c1ccc(Cl)c(I)c1. The molecular formula is C8H6ClIN2O. The van der Waals surface area contributed by atoms with Crippen LogP contribution < -0.4 is 5.73 Å². The van der Waals surface area contributed by atoms with Crippen LogP contribution in [0.15, 0.2) is 23.2 Å². The van der Waals surface area contributed by atoms with Crippen molar-refractivity contribution in [3.05, 3.63) is 32.4 Å². The lowest BCUT2D eigenvalue weighted by Gasteiger charge is -2.00. The van der Waals surface area contributed by atoms with Crippen LogP contribution in [0.2, 0.25) is 5.02 Å². The van der Waals surface area contributed by atoms with E-state index in [2.05, 4.69) is 27.6 Å². The van der Waals surface area contributed by atoms with Crippen molar-refractivity contribution in [2.24, 2.45) is 10.7 Å². The maximum absolute atomic E-state index is 10.0. The van der Waals surface area contributed by atoms with E-state index < -0.39 is 0 Å². The molecule has 1 aromatic rings. The van der Waals surface area contributed by atoms with Crippen molar-refractivity contribution in [3.8, 4) is 0 Å². The van der Waals surface area contributed by atoms with Crippen molar-refractivity contribution < 1.29 is 4.79 Å². The fraction of sp³-hybridized carbons (Fsp3) is 0. The Labute approximate surface area is 94.1 Å². The molecule has 0 aliphatic heterocycles. The van der Waals surface area contributed by atoms with Crippen molar-refractivity contribution in [2.45, 2.75) is 0 Å². The lowest BCUT2D eigenvalue weighted by atomic mass is 10.2. The van der Waals surface area contributed by atoms with E-state index >= 15 is 0 Å². The van der Waals surface area contributed by atoms with Crippen LogP contribution in [0, 0.1) is 3.57 Å². The Morgan fingerprint density at radius 1 is 1.62 bits per heavy atom. The zero-order valence-corrected chi connectivity index (χ0v) is 9.41. The molecule has 2 N–H and O–H groups in total. The highest BCUT2D eigenvalue weighted by Gasteiger charge is 2.01. The molecule has 3 nitrogen and oxygen atoms in total. The lowest BCUT2D eigenvalue weighted by molar-refractivity contribution is -0.106. The average Bonchev–Trinajstić information content (AvgIpc) is 2.10. The summed E-state index contributed by atoms with van der Waals surface area (Å²) in [5, 5.41) is 0.656. The number of nitrogens with zero attached hydrogens (tertiary/aromatic N) is 1. The fourth-order valence-electron chi connectivity index (χ4n) is 0.787. The number of hydrogen-bond acceptors (Lipinski definition) is 1. The van der Waals surface area contributed by atoms with Gasteiger partial charge in [-0.05, 0) is 40.8 Å². The van der Waals surface area contributed by atoms with E-state index in [1.807, 2.05) is 0 Å². The highest BCUT2D eigenvalue weighted by atomic mass is 127. The van der Waals surface area contributed by atoms with Gasteiger partial charge >= 0.3 is 0 Å². The third-order valence-corrected chi connectivity index (χ3v) is 2.95. The number of carbonyl (C=O) groups excluding carboxylic acids is 1. The standard InChI is InChI=1S/C8H6ClIN2O/c9-6-2-1-5(3-7(6)10)8(11)12-4-13/h1-4H,(H2,11,12,13). The zero-order chi connectivity index (χ0) is 9.84. The number of carbonyl (C=O) groups is 1. The van der Waals surface area contributed by atoms with Crippen molar-refractivity contribution >= 4 is 46.4 Å². The highest BCUT2D eigenvalue weighted by molar-refractivity contribution is 14.1. The minimum Gasteiger partial charge on any atom is -0.383 e. The van der Waals surface area contributed by atoms with Crippen LogP contribution in [0.4, 0.5) is 0 Å². The Balaban J connectivity index is 3.10. The van der Waals surface area contributed by atoms with Crippen LogP contribution in [-0.2, 0) is 4.79 Å². The molecule has 0 bridgehead atoms. The van der Waals surface area contributed by atoms with E-state index in [9.17, 15) is 4.79 Å². The molecule has 0 radical (unpaired) electrons. The summed E-state index contributed by atoms with van der Waals surface area (Å²) in [5.74, 6) is 0.199. The second kappa shape index (κ2) is 4.57. The molecular weight excluding hydrogens is 302 g/mol. The van der Waals surface area contributed by atoms with Crippen LogP contribution in [0.25, 0.3) is 0 Å². The molecule has 0 spiro atoms. The fourth-order valence-corrected chi connectivity index (χ4v) is 1.42. The van der Waals surface area contributed by atoms with Gasteiger partial charge in [-0.1, -0.05) is 11.6 Å². The summed E-state index contributed by atoms with van der Waals surface area (Å²) in [6.45, 7) is 0. The van der Waals surface area contributed by atoms with Gasteiger partial charge in [0.15, 0.2) is 0 Å².